The number of fused-ring (bicyclic) bond motifs is 1. The summed E-state index contributed by atoms with van der Waals surface area (Å²) in [5, 5.41) is 8.73. The number of rotatable bonds is 8. The molecule has 2 aliphatic rings. The van der Waals surface area contributed by atoms with Crippen molar-refractivity contribution in [3.8, 4) is 0 Å². The van der Waals surface area contributed by atoms with Gasteiger partial charge in [-0.05, 0) is 38.1 Å². The first-order valence-corrected chi connectivity index (χ1v) is 10.6. The number of amides is 2. The van der Waals surface area contributed by atoms with Crippen molar-refractivity contribution in [1.29, 1.82) is 0 Å². The minimum atomic E-state index is -0.0573. The molecule has 1 aromatic heterocycles. The molecule has 0 bridgehead atoms. The van der Waals surface area contributed by atoms with Crippen LogP contribution in [-0.2, 0) is 16.1 Å². The molecule has 0 aromatic carbocycles. The predicted octanol–water partition coefficient (Wildman–Crippen LogP) is 1.43. The van der Waals surface area contributed by atoms with Crippen LogP contribution in [0.2, 0.25) is 0 Å². The molecule has 1 aromatic rings. The molecule has 0 aliphatic carbocycles. The number of nitrogens with one attached hydrogen (secondary N) is 2. The largest absolute Gasteiger partial charge is 0.353 e. The highest BCUT2D eigenvalue weighted by Gasteiger charge is 2.43. The highest BCUT2D eigenvalue weighted by atomic mass is 32.1. The zero-order chi connectivity index (χ0) is 18.5. The van der Waals surface area contributed by atoms with Gasteiger partial charge in [0.25, 0.3) is 0 Å². The van der Waals surface area contributed by atoms with Gasteiger partial charge in [0.15, 0.2) is 0 Å². The number of hydrogen-bond donors (Lipinski definition) is 2. The van der Waals surface area contributed by atoms with Gasteiger partial charge in [-0.1, -0.05) is 6.07 Å². The van der Waals surface area contributed by atoms with Crippen molar-refractivity contribution in [2.45, 2.75) is 57.8 Å². The molecule has 0 saturated carbocycles. The quantitative estimate of drug-likeness (QED) is 0.718. The normalized spacial score (nSPS) is 25.8. The number of piperazine rings is 1. The van der Waals surface area contributed by atoms with Crippen LogP contribution >= 0.6 is 11.3 Å². The van der Waals surface area contributed by atoms with Crippen LogP contribution in [0.3, 0.4) is 0 Å². The van der Waals surface area contributed by atoms with Crippen molar-refractivity contribution in [2.75, 3.05) is 26.2 Å². The Balaban J connectivity index is 1.54. The average Bonchev–Trinajstić information content (AvgIpc) is 3.30. The molecular formula is C19H30N4O2S. The molecular weight excluding hydrogens is 348 g/mol. The van der Waals surface area contributed by atoms with Gasteiger partial charge in [0.05, 0.1) is 6.04 Å². The number of carbonyl (C=O) groups excluding carboxylic acids is 2. The molecule has 3 rings (SSSR count). The lowest BCUT2D eigenvalue weighted by Gasteiger charge is -2.37. The first-order valence-electron chi connectivity index (χ1n) is 9.69. The lowest BCUT2D eigenvalue weighted by atomic mass is 10.0. The fourth-order valence-corrected chi connectivity index (χ4v) is 4.73. The van der Waals surface area contributed by atoms with E-state index in [9.17, 15) is 9.59 Å². The summed E-state index contributed by atoms with van der Waals surface area (Å²) in [5.41, 5.74) is 0. The molecule has 2 fully saturated rings. The Morgan fingerprint density at radius 1 is 1.42 bits per heavy atom. The van der Waals surface area contributed by atoms with Gasteiger partial charge in [-0.15, -0.1) is 11.3 Å². The topological polar surface area (TPSA) is 64.7 Å². The van der Waals surface area contributed by atoms with Crippen LogP contribution in [0.15, 0.2) is 17.5 Å². The van der Waals surface area contributed by atoms with Crippen molar-refractivity contribution < 1.29 is 9.59 Å². The summed E-state index contributed by atoms with van der Waals surface area (Å²) in [5.74, 6) is 0.353. The van der Waals surface area contributed by atoms with Crippen LogP contribution in [0.1, 0.15) is 38.0 Å². The average molecular weight is 379 g/mol. The van der Waals surface area contributed by atoms with Gasteiger partial charge in [-0.25, -0.2) is 0 Å². The predicted molar refractivity (Wildman–Crippen MR) is 104 cm³/mol. The summed E-state index contributed by atoms with van der Waals surface area (Å²) in [4.78, 5) is 30.1. The van der Waals surface area contributed by atoms with E-state index in [1.165, 1.54) is 4.88 Å². The fraction of sp³-hybridized carbons (Fsp3) is 0.684. The minimum absolute atomic E-state index is 0.0573. The zero-order valence-electron chi connectivity index (χ0n) is 15.7. The highest BCUT2D eigenvalue weighted by Crippen LogP contribution is 2.26. The number of carbonyl (C=O) groups is 2. The molecule has 2 aliphatic heterocycles. The Labute approximate surface area is 159 Å². The van der Waals surface area contributed by atoms with Crippen molar-refractivity contribution in [3.63, 3.8) is 0 Å². The zero-order valence-corrected chi connectivity index (χ0v) is 16.6. The molecule has 0 radical (unpaired) electrons. The third kappa shape index (κ3) is 4.45. The molecule has 0 spiro atoms. The van der Waals surface area contributed by atoms with Gasteiger partial charge in [0, 0.05) is 56.1 Å². The maximum atomic E-state index is 12.3. The summed E-state index contributed by atoms with van der Waals surface area (Å²) < 4.78 is 0. The van der Waals surface area contributed by atoms with E-state index >= 15 is 0 Å². The SMILES string of the molecule is CCN(CC)C(=O)CC[C@@H]1CNC(=O)[C@@H]2C[C@H](NCc3cccs3)CN12. The number of nitrogens with zero attached hydrogens (tertiary/aromatic N) is 2. The van der Waals surface area contributed by atoms with Crippen LogP contribution in [0, 0.1) is 0 Å². The van der Waals surface area contributed by atoms with Crippen LogP contribution < -0.4 is 10.6 Å². The maximum Gasteiger partial charge on any atom is 0.237 e. The summed E-state index contributed by atoms with van der Waals surface area (Å²) in [6.07, 6.45) is 2.21. The third-order valence-electron chi connectivity index (χ3n) is 5.58. The van der Waals surface area contributed by atoms with Crippen LogP contribution in [0.5, 0.6) is 0 Å². The molecule has 0 unspecified atom stereocenters. The summed E-state index contributed by atoms with van der Waals surface area (Å²) in [6, 6.07) is 4.72. The first-order chi connectivity index (χ1) is 12.6. The Morgan fingerprint density at radius 2 is 2.23 bits per heavy atom. The Kier molecular flexibility index (Phi) is 6.67. The summed E-state index contributed by atoms with van der Waals surface area (Å²) in [6.45, 7) is 7.95. The van der Waals surface area contributed by atoms with Crippen molar-refractivity contribution in [1.82, 2.24) is 20.4 Å². The minimum Gasteiger partial charge on any atom is -0.353 e. The van der Waals surface area contributed by atoms with Gasteiger partial charge in [-0.2, -0.15) is 0 Å². The smallest absolute Gasteiger partial charge is 0.237 e. The lowest BCUT2D eigenvalue weighted by Crippen LogP contribution is -2.58. The van der Waals surface area contributed by atoms with E-state index < -0.39 is 0 Å². The maximum absolute atomic E-state index is 12.3. The molecule has 7 heteroatoms. The van der Waals surface area contributed by atoms with E-state index in [4.69, 9.17) is 0 Å². The van der Waals surface area contributed by atoms with Gasteiger partial charge in [0.2, 0.25) is 11.8 Å². The molecule has 26 heavy (non-hydrogen) atoms. The van der Waals surface area contributed by atoms with Crippen molar-refractivity contribution in [3.05, 3.63) is 22.4 Å². The van der Waals surface area contributed by atoms with Crippen LogP contribution in [0.4, 0.5) is 0 Å². The molecule has 2 amide bonds. The fourth-order valence-electron chi connectivity index (χ4n) is 4.07. The second-order valence-corrected chi connectivity index (χ2v) is 8.14. The van der Waals surface area contributed by atoms with E-state index in [0.29, 0.717) is 19.0 Å². The highest BCUT2D eigenvalue weighted by molar-refractivity contribution is 7.09. The van der Waals surface area contributed by atoms with Gasteiger partial charge < -0.3 is 15.5 Å². The Hall–Kier alpha value is -1.44. The second-order valence-electron chi connectivity index (χ2n) is 7.11. The molecule has 6 nitrogen and oxygen atoms in total. The standard InChI is InChI=1S/C19H30N4O2S/c1-3-22(4-2)18(24)8-7-15-11-21-19(25)17-10-14(13-23(15)17)20-12-16-6-5-9-26-16/h5-6,9,14-15,17,20H,3-4,7-8,10-13H2,1-2H3,(H,21,25)/t14-,15+,17-/m0/s1. The van der Waals surface area contributed by atoms with Gasteiger partial charge in [-0.3, -0.25) is 14.5 Å². The van der Waals surface area contributed by atoms with E-state index in [-0.39, 0.29) is 23.9 Å². The van der Waals surface area contributed by atoms with Crippen molar-refractivity contribution >= 4 is 23.2 Å². The second kappa shape index (κ2) is 8.97. The van der Waals surface area contributed by atoms with Crippen LogP contribution in [0.25, 0.3) is 0 Å². The molecule has 3 heterocycles. The lowest BCUT2D eigenvalue weighted by molar-refractivity contribution is -0.132. The van der Waals surface area contributed by atoms with E-state index in [0.717, 1.165) is 39.0 Å². The summed E-state index contributed by atoms with van der Waals surface area (Å²) >= 11 is 1.75. The van der Waals surface area contributed by atoms with Gasteiger partial charge in [0.1, 0.15) is 0 Å². The van der Waals surface area contributed by atoms with E-state index in [2.05, 4.69) is 33.0 Å². The molecule has 2 N–H and O–H groups in total. The Bertz CT molecular complexity index is 603. The molecule has 144 valence electrons. The first kappa shape index (κ1) is 19.3. The number of hydrogen-bond acceptors (Lipinski definition) is 5. The third-order valence-corrected chi connectivity index (χ3v) is 6.45. The molecule has 2 saturated heterocycles. The molecule has 3 atom stereocenters. The Morgan fingerprint density at radius 3 is 2.92 bits per heavy atom. The monoisotopic (exact) mass is 378 g/mol. The van der Waals surface area contributed by atoms with Crippen molar-refractivity contribution in [2.24, 2.45) is 0 Å². The summed E-state index contributed by atoms with van der Waals surface area (Å²) in [7, 11) is 0. The van der Waals surface area contributed by atoms with Gasteiger partial charge >= 0.3 is 0 Å². The van der Waals surface area contributed by atoms with Crippen LogP contribution in [-0.4, -0.2) is 65.9 Å². The van der Waals surface area contributed by atoms with E-state index in [1.54, 1.807) is 11.3 Å². The number of thiophene rings is 1. The van der Waals surface area contributed by atoms with E-state index in [1.807, 2.05) is 18.7 Å².